The average molecular weight is 195 g/mol. The molecule has 0 saturated carbocycles. The minimum Gasteiger partial charge on any atom is -0.338 e. The summed E-state index contributed by atoms with van der Waals surface area (Å²) in [5, 5.41) is 3.72. The second kappa shape index (κ2) is 3.77. The van der Waals surface area contributed by atoms with Crippen LogP contribution in [0.25, 0.3) is 0 Å². The number of carbonyl (C=O) groups excluding carboxylic acids is 2. The molecule has 1 N–H and O–H groups in total. The summed E-state index contributed by atoms with van der Waals surface area (Å²) in [6, 6.07) is 0. The highest BCUT2D eigenvalue weighted by Gasteiger charge is 2.26. The van der Waals surface area contributed by atoms with Crippen molar-refractivity contribution in [1.82, 2.24) is 10.3 Å². The Kier molecular flexibility index (Phi) is 2.47. The normalized spacial score (nSPS) is 21.9. The van der Waals surface area contributed by atoms with E-state index in [2.05, 4.69) is 10.5 Å². The van der Waals surface area contributed by atoms with E-state index >= 15 is 0 Å². The van der Waals surface area contributed by atoms with Crippen molar-refractivity contribution in [1.29, 1.82) is 0 Å². The van der Waals surface area contributed by atoms with Crippen LogP contribution in [-0.2, 0) is 9.59 Å². The molecule has 76 valence electrons. The van der Waals surface area contributed by atoms with Crippen LogP contribution in [0, 0.1) is 0 Å². The first-order chi connectivity index (χ1) is 6.77. The maximum Gasteiger partial charge on any atom is 0.270 e. The molecule has 5 heteroatoms. The molecular formula is C9H13N3O2. The maximum absolute atomic E-state index is 11.7. The van der Waals surface area contributed by atoms with Crippen LogP contribution >= 0.6 is 0 Å². The highest BCUT2D eigenvalue weighted by atomic mass is 16.2. The molecule has 0 radical (unpaired) electrons. The maximum atomic E-state index is 11.7. The number of hydrogen-bond acceptors (Lipinski definition) is 3. The summed E-state index contributed by atoms with van der Waals surface area (Å²) in [5.41, 5.74) is 2.65. The van der Waals surface area contributed by atoms with E-state index < -0.39 is 0 Å². The van der Waals surface area contributed by atoms with E-state index in [1.165, 1.54) is 6.42 Å². The Hall–Kier alpha value is -1.39. The summed E-state index contributed by atoms with van der Waals surface area (Å²) in [4.78, 5) is 24.4. The number of likely N-dealkylation sites (tertiary alicyclic amines) is 1. The summed E-state index contributed by atoms with van der Waals surface area (Å²) in [6.07, 6.45) is 3.43. The highest BCUT2D eigenvalue weighted by molar-refractivity contribution is 6.43. The third-order valence-corrected chi connectivity index (χ3v) is 2.53. The van der Waals surface area contributed by atoms with E-state index in [1.54, 1.807) is 4.90 Å². The number of hydrazone groups is 1. The summed E-state index contributed by atoms with van der Waals surface area (Å²) < 4.78 is 0. The average Bonchev–Trinajstić information content (AvgIpc) is 2.65. The van der Waals surface area contributed by atoms with Gasteiger partial charge in [-0.15, -0.1) is 0 Å². The van der Waals surface area contributed by atoms with Crippen molar-refractivity contribution >= 4 is 17.5 Å². The van der Waals surface area contributed by atoms with Crippen LogP contribution in [-0.4, -0.2) is 35.5 Å². The van der Waals surface area contributed by atoms with Crippen LogP contribution < -0.4 is 5.43 Å². The second-order valence-electron chi connectivity index (χ2n) is 3.62. The molecule has 0 aromatic carbocycles. The van der Waals surface area contributed by atoms with Gasteiger partial charge in [-0.1, -0.05) is 0 Å². The topological polar surface area (TPSA) is 61.8 Å². The molecule has 0 unspecified atom stereocenters. The van der Waals surface area contributed by atoms with Crippen LogP contribution in [0.3, 0.4) is 0 Å². The van der Waals surface area contributed by atoms with Gasteiger partial charge in [-0.2, -0.15) is 5.10 Å². The van der Waals surface area contributed by atoms with Gasteiger partial charge in [0.25, 0.3) is 5.91 Å². The number of nitrogens with one attached hydrogen (secondary N) is 1. The zero-order valence-electron chi connectivity index (χ0n) is 7.95. The fraction of sp³-hybridized carbons (Fsp3) is 0.667. The molecule has 2 amide bonds. The summed E-state index contributed by atoms with van der Waals surface area (Å²) in [6.45, 7) is 1.60. The predicted molar refractivity (Wildman–Crippen MR) is 50.6 cm³/mol. The minimum atomic E-state index is -0.189. The number of piperidine rings is 1. The molecule has 0 atom stereocenters. The molecule has 5 nitrogen and oxygen atoms in total. The number of rotatable bonds is 1. The fourth-order valence-corrected chi connectivity index (χ4v) is 1.76. The van der Waals surface area contributed by atoms with E-state index in [1.807, 2.05) is 0 Å². The quantitative estimate of drug-likeness (QED) is 0.633. The largest absolute Gasteiger partial charge is 0.338 e. The lowest BCUT2D eigenvalue weighted by atomic mass is 10.1. The lowest BCUT2D eigenvalue weighted by Crippen LogP contribution is -2.39. The predicted octanol–water partition coefficient (Wildman–Crippen LogP) is -0.125. The monoisotopic (exact) mass is 195 g/mol. The molecular weight excluding hydrogens is 182 g/mol. The van der Waals surface area contributed by atoms with Gasteiger partial charge < -0.3 is 4.90 Å². The first-order valence-electron chi connectivity index (χ1n) is 4.92. The molecule has 14 heavy (non-hydrogen) atoms. The number of amides is 2. The smallest absolute Gasteiger partial charge is 0.270 e. The molecule has 1 saturated heterocycles. The Morgan fingerprint density at radius 2 is 2.00 bits per heavy atom. The van der Waals surface area contributed by atoms with Gasteiger partial charge in [0.05, 0.1) is 6.42 Å². The summed E-state index contributed by atoms with van der Waals surface area (Å²) in [7, 11) is 0. The molecule has 0 aliphatic carbocycles. The number of nitrogens with zero attached hydrogens (tertiary/aromatic N) is 2. The SMILES string of the molecule is O=C1CC(C(=O)N2CCCCC2)=NN1. The Balaban J connectivity index is 1.97. The van der Waals surface area contributed by atoms with Gasteiger partial charge in [-0.3, -0.25) is 9.59 Å². The van der Waals surface area contributed by atoms with Crippen molar-refractivity contribution in [2.75, 3.05) is 13.1 Å². The van der Waals surface area contributed by atoms with Crippen LogP contribution in [0.15, 0.2) is 5.10 Å². The van der Waals surface area contributed by atoms with Gasteiger partial charge in [-0.05, 0) is 19.3 Å². The standard InChI is InChI=1S/C9H13N3O2/c13-8-6-7(10-11-8)9(14)12-4-2-1-3-5-12/h1-6H2,(H,11,13). The third kappa shape index (κ3) is 1.76. The van der Waals surface area contributed by atoms with E-state index in [4.69, 9.17) is 0 Å². The molecule has 0 spiro atoms. The van der Waals surface area contributed by atoms with E-state index in [0.29, 0.717) is 5.71 Å². The zero-order valence-corrected chi connectivity index (χ0v) is 7.95. The van der Waals surface area contributed by atoms with Crippen molar-refractivity contribution in [2.45, 2.75) is 25.7 Å². The van der Waals surface area contributed by atoms with Gasteiger partial charge in [0.15, 0.2) is 0 Å². The molecule has 0 bridgehead atoms. The van der Waals surface area contributed by atoms with Crippen molar-refractivity contribution in [2.24, 2.45) is 5.10 Å². The van der Waals surface area contributed by atoms with Crippen LogP contribution in [0.2, 0.25) is 0 Å². The number of carbonyl (C=O) groups is 2. The summed E-state index contributed by atoms with van der Waals surface area (Å²) in [5.74, 6) is -0.270. The highest BCUT2D eigenvalue weighted by Crippen LogP contribution is 2.10. The van der Waals surface area contributed by atoms with E-state index in [0.717, 1.165) is 25.9 Å². The number of hydrogen-bond donors (Lipinski definition) is 1. The summed E-state index contributed by atoms with van der Waals surface area (Å²) >= 11 is 0. The van der Waals surface area contributed by atoms with Gasteiger partial charge >= 0.3 is 0 Å². The van der Waals surface area contributed by atoms with Crippen LogP contribution in [0.4, 0.5) is 0 Å². The lowest BCUT2D eigenvalue weighted by molar-refractivity contribution is -0.125. The molecule has 2 aliphatic heterocycles. The molecule has 2 rings (SSSR count). The van der Waals surface area contributed by atoms with Crippen LogP contribution in [0.1, 0.15) is 25.7 Å². The second-order valence-corrected chi connectivity index (χ2v) is 3.62. The van der Waals surface area contributed by atoms with Crippen molar-refractivity contribution in [3.05, 3.63) is 0 Å². The van der Waals surface area contributed by atoms with E-state index in [-0.39, 0.29) is 18.2 Å². The molecule has 1 fully saturated rings. The molecule has 0 aromatic heterocycles. The first-order valence-corrected chi connectivity index (χ1v) is 4.92. The Labute approximate surface area is 82.1 Å². The Bertz CT molecular complexity index is 292. The van der Waals surface area contributed by atoms with Crippen LogP contribution in [0.5, 0.6) is 0 Å². The van der Waals surface area contributed by atoms with Gasteiger partial charge in [0.1, 0.15) is 5.71 Å². The Morgan fingerprint density at radius 3 is 2.57 bits per heavy atom. The van der Waals surface area contributed by atoms with Crippen molar-refractivity contribution in [3.63, 3.8) is 0 Å². The van der Waals surface area contributed by atoms with E-state index in [9.17, 15) is 9.59 Å². The fourth-order valence-electron chi connectivity index (χ4n) is 1.76. The van der Waals surface area contributed by atoms with Gasteiger partial charge in [0, 0.05) is 13.1 Å². The zero-order chi connectivity index (χ0) is 9.97. The molecule has 2 heterocycles. The third-order valence-electron chi connectivity index (χ3n) is 2.53. The van der Waals surface area contributed by atoms with Crippen molar-refractivity contribution < 1.29 is 9.59 Å². The van der Waals surface area contributed by atoms with Crippen molar-refractivity contribution in [3.8, 4) is 0 Å². The first kappa shape index (κ1) is 9.18. The lowest BCUT2D eigenvalue weighted by Gasteiger charge is -2.26. The molecule has 2 aliphatic rings. The van der Waals surface area contributed by atoms with Gasteiger partial charge in [0.2, 0.25) is 5.91 Å². The Morgan fingerprint density at radius 1 is 1.29 bits per heavy atom. The minimum absolute atomic E-state index is 0.0805. The molecule has 0 aromatic rings. The van der Waals surface area contributed by atoms with Gasteiger partial charge in [-0.25, -0.2) is 5.43 Å².